The van der Waals surface area contributed by atoms with Crippen molar-refractivity contribution in [1.29, 1.82) is 0 Å². The number of ether oxygens (including phenoxy) is 3. The summed E-state index contributed by atoms with van der Waals surface area (Å²) in [7, 11) is 1.54. The number of methoxy groups -OCH3 is 1. The van der Waals surface area contributed by atoms with Gasteiger partial charge in [0.05, 0.1) is 18.6 Å². The Labute approximate surface area is 180 Å². The lowest BCUT2D eigenvalue weighted by Gasteiger charge is -2.13. The summed E-state index contributed by atoms with van der Waals surface area (Å²) in [5.74, 6) is 1.49. The lowest BCUT2D eigenvalue weighted by Crippen LogP contribution is -2.32. The fraction of sp³-hybridized carbons (Fsp3) is 0.217. The van der Waals surface area contributed by atoms with Gasteiger partial charge in [-0.2, -0.15) is 0 Å². The molecular formula is C23H23NO5S. The van der Waals surface area contributed by atoms with Gasteiger partial charge >= 0.3 is 0 Å². The number of rotatable bonds is 9. The molecule has 0 aromatic heterocycles. The highest BCUT2D eigenvalue weighted by Gasteiger charge is 2.34. The van der Waals surface area contributed by atoms with Gasteiger partial charge in [-0.3, -0.25) is 14.5 Å². The van der Waals surface area contributed by atoms with E-state index >= 15 is 0 Å². The average Bonchev–Trinajstić information content (AvgIpc) is 3.01. The molecule has 1 heterocycles. The van der Waals surface area contributed by atoms with E-state index in [1.165, 1.54) is 4.90 Å². The zero-order valence-corrected chi connectivity index (χ0v) is 17.7. The van der Waals surface area contributed by atoms with E-state index in [2.05, 4.69) is 6.58 Å². The van der Waals surface area contributed by atoms with Gasteiger partial charge in [0, 0.05) is 0 Å². The second kappa shape index (κ2) is 10.0. The van der Waals surface area contributed by atoms with Crippen molar-refractivity contribution in [1.82, 2.24) is 4.90 Å². The number of amides is 2. The molecule has 1 saturated heterocycles. The fourth-order valence-electron chi connectivity index (χ4n) is 2.78. The SMILES string of the molecule is C=CCOc1ccc(/C=C2\SC(=O)N(CCOc3ccc(C)cc3)C2=O)cc1OC. The third kappa shape index (κ3) is 5.24. The van der Waals surface area contributed by atoms with Crippen LogP contribution >= 0.6 is 11.8 Å². The second-order valence-electron chi connectivity index (χ2n) is 6.50. The number of benzene rings is 2. The molecule has 0 aliphatic carbocycles. The van der Waals surface area contributed by atoms with Crippen LogP contribution in [0.3, 0.4) is 0 Å². The van der Waals surface area contributed by atoms with Crippen molar-refractivity contribution in [2.45, 2.75) is 6.92 Å². The Morgan fingerprint density at radius 1 is 1.07 bits per heavy atom. The molecule has 0 saturated carbocycles. The van der Waals surface area contributed by atoms with Crippen LogP contribution in [0, 0.1) is 6.92 Å². The summed E-state index contributed by atoms with van der Waals surface area (Å²) in [6, 6.07) is 12.9. The normalized spacial score (nSPS) is 14.9. The fourth-order valence-corrected chi connectivity index (χ4v) is 3.64. The van der Waals surface area contributed by atoms with Gasteiger partial charge in [0.2, 0.25) is 0 Å². The van der Waals surface area contributed by atoms with Crippen LogP contribution in [0.15, 0.2) is 60.0 Å². The summed E-state index contributed by atoms with van der Waals surface area (Å²) in [6.07, 6.45) is 3.32. The zero-order valence-electron chi connectivity index (χ0n) is 16.9. The second-order valence-corrected chi connectivity index (χ2v) is 7.50. The van der Waals surface area contributed by atoms with Crippen LogP contribution in [0.25, 0.3) is 6.08 Å². The van der Waals surface area contributed by atoms with Gasteiger partial charge in [-0.25, -0.2) is 0 Å². The van der Waals surface area contributed by atoms with Gasteiger partial charge in [-0.1, -0.05) is 36.4 Å². The summed E-state index contributed by atoms with van der Waals surface area (Å²) in [4.78, 5) is 26.5. The maximum Gasteiger partial charge on any atom is 0.293 e. The van der Waals surface area contributed by atoms with Crippen molar-refractivity contribution in [2.24, 2.45) is 0 Å². The smallest absolute Gasteiger partial charge is 0.293 e. The maximum absolute atomic E-state index is 12.7. The van der Waals surface area contributed by atoms with Gasteiger partial charge in [-0.15, -0.1) is 0 Å². The number of hydrogen-bond acceptors (Lipinski definition) is 6. The Hall–Kier alpha value is -3.19. The van der Waals surface area contributed by atoms with Crippen molar-refractivity contribution < 1.29 is 23.8 Å². The Balaban J connectivity index is 1.65. The first-order valence-electron chi connectivity index (χ1n) is 9.38. The quantitative estimate of drug-likeness (QED) is 0.429. The van der Waals surface area contributed by atoms with E-state index in [-0.39, 0.29) is 24.3 Å². The largest absolute Gasteiger partial charge is 0.493 e. The third-order valence-electron chi connectivity index (χ3n) is 4.32. The molecule has 2 aromatic rings. The Kier molecular flexibility index (Phi) is 7.19. The highest BCUT2D eigenvalue weighted by molar-refractivity contribution is 8.18. The van der Waals surface area contributed by atoms with Gasteiger partial charge < -0.3 is 14.2 Å². The van der Waals surface area contributed by atoms with E-state index < -0.39 is 0 Å². The molecule has 1 aliphatic heterocycles. The third-order valence-corrected chi connectivity index (χ3v) is 5.23. The minimum atomic E-state index is -0.330. The van der Waals surface area contributed by atoms with E-state index in [4.69, 9.17) is 14.2 Å². The first-order valence-corrected chi connectivity index (χ1v) is 10.2. The molecule has 2 amide bonds. The van der Waals surface area contributed by atoms with Crippen molar-refractivity contribution in [3.8, 4) is 17.2 Å². The number of carbonyl (C=O) groups excluding carboxylic acids is 2. The molecule has 1 aliphatic rings. The summed E-state index contributed by atoms with van der Waals surface area (Å²) < 4.78 is 16.5. The van der Waals surface area contributed by atoms with Crippen LogP contribution < -0.4 is 14.2 Å². The number of carbonyl (C=O) groups is 2. The summed E-state index contributed by atoms with van der Waals surface area (Å²) in [5, 5.41) is -0.309. The van der Waals surface area contributed by atoms with Crippen molar-refractivity contribution >= 4 is 29.0 Å². The summed E-state index contributed by atoms with van der Waals surface area (Å²) in [5.41, 5.74) is 1.87. The molecule has 1 fully saturated rings. The van der Waals surface area contributed by atoms with Crippen LogP contribution in [0.2, 0.25) is 0 Å². The molecular weight excluding hydrogens is 402 g/mol. The monoisotopic (exact) mass is 425 g/mol. The van der Waals surface area contributed by atoms with E-state index in [1.807, 2.05) is 31.2 Å². The van der Waals surface area contributed by atoms with Crippen LogP contribution in [0.5, 0.6) is 17.2 Å². The maximum atomic E-state index is 12.7. The highest BCUT2D eigenvalue weighted by atomic mass is 32.2. The molecule has 0 atom stereocenters. The average molecular weight is 426 g/mol. The Morgan fingerprint density at radius 3 is 2.53 bits per heavy atom. The number of nitrogens with zero attached hydrogens (tertiary/aromatic N) is 1. The Bertz CT molecular complexity index is 968. The lowest BCUT2D eigenvalue weighted by molar-refractivity contribution is -0.123. The Morgan fingerprint density at radius 2 is 1.83 bits per heavy atom. The highest BCUT2D eigenvalue weighted by Crippen LogP contribution is 2.34. The standard InChI is InChI=1S/C23H23NO5S/c1-4-12-29-19-10-7-17(14-20(19)27-3)15-21-22(25)24(23(26)30-21)11-13-28-18-8-5-16(2)6-9-18/h4-10,14-15H,1,11-13H2,2-3H3/b21-15-. The van der Waals surface area contributed by atoms with E-state index in [1.54, 1.807) is 37.5 Å². The van der Waals surface area contributed by atoms with Crippen LogP contribution in [-0.2, 0) is 4.79 Å². The lowest BCUT2D eigenvalue weighted by atomic mass is 10.2. The number of imide groups is 1. The minimum absolute atomic E-state index is 0.188. The number of hydrogen-bond donors (Lipinski definition) is 0. The molecule has 6 nitrogen and oxygen atoms in total. The molecule has 0 unspecified atom stereocenters. The summed E-state index contributed by atoms with van der Waals surface area (Å²) >= 11 is 0.914. The molecule has 0 bridgehead atoms. The topological polar surface area (TPSA) is 65.1 Å². The van der Waals surface area contributed by atoms with Crippen molar-refractivity contribution in [3.63, 3.8) is 0 Å². The van der Waals surface area contributed by atoms with Crippen molar-refractivity contribution in [2.75, 3.05) is 26.9 Å². The van der Waals surface area contributed by atoms with Gasteiger partial charge in [0.15, 0.2) is 11.5 Å². The van der Waals surface area contributed by atoms with Gasteiger partial charge in [0.25, 0.3) is 11.1 Å². The van der Waals surface area contributed by atoms with Gasteiger partial charge in [0.1, 0.15) is 19.0 Å². The molecule has 2 aromatic carbocycles. The van der Waals surface area contributed by atoms with Crippen molar-refractivity contribution in [3.05, 3.63) is 71.2 Å². The van der Waals surface area contributed by atoms with Crippen LogP contribution in [0.1, 0.15) is 11.1 Å². The minimum Gasteiger partial charge on any atom is -0.493 e. The molecule has 0 N–H and O–H groups in total. The van der Waals surface area contributed by atoms with E-state index in [9.17, 15) is 9.59 Å². The number of thioether (sulfide) groups is 1. The predicted octanol–water partition coefficient (Wildman–Crippen LogP) is 4.68. The van der Waals surface area contributed by atoms with Crippen LogP contribution in [-0.4, -0.2) is 42.9 Å². The van der Waals surface area contributed by atoms with Gasteiger partial charge in [-0.05, 0) is 54.6 Å². The molecule has 156 valence electrons. The van der Waals surface area contributed by atoms with Crippen LogP contribution in [0.4, 0.5) is 4.79 Å². The predicted molar refractivity (Wildman–Crippen MR) is 118 cm³/mol. The summed E-state index contributed by atoms with van der Waals surface area (Å²) in [6.45, 7) is 6.40. The first kappa shape index (κ1) is 21.5. The molecule has 30 heavy (non-hydrogen) atoms. The first-order chi connectivity index (χ1) is 14.5. The molecule has 0 spiro atoms. The molecule has 0 radical (unpaired) electrons. The van der Waals surface area contributed by atoms with E-state index in [0.29, 0.717) is 28.8 Å². The number of aryl methyl sites for hydroxylation is 1. The molecule has 7 heteroatoms. The zero-order chi connectivity index (χ0) is 21.5. The van der Waals surface area contributed by atoms with E-state index in [0.717, 1.165) is 22.9 Å². The molecule has 3 rings (SSSR count).